The summed E-state index contributed by atoms with van der Waals surface area (Å²) in [5.41, 5.74) is -2.94. The van der Waals surface area contributed by atoms with Crippen LogP contribution in [0.25, 0.3) is 11.0 Å². The Bertz CT molecular complexity index is 1890. The van der Waals surface area contributed by atoms with Gasteiger partial charge in [-0.1, -0.05) is 86.8 Å². The standard InChI is InChI=1S/C13H17NOS.C13H20O.C10H9F3N3O2.CHF3O3S/c16-12-14-9-5-2-6-10-15-11-13-7-3-1-4-8-13;1-2-3-4-8-11-14-12-13-9-6-5-7-10-13;1-14-7-4-3-6(16(17)18)5-8(7)15(2)9(14)10(11,12)13;2-1(3,4)8(5,6)7/h1,3-4,7-8H,2,5-6,9-11H2;5-7,9-10H,2-4,8,11-12H2,1H3;3-5H,1-2H3;(H,5,6,7)/q;;+1;/p-1. The van der Waals surface area contributed by atoms with Crippen molar-refractivity contribution in [3.8, 4) is 0 Å². The monoisotopic (exact) mass is 836 g/mol. The van der Waals surface area contributed by atoms with E-state index in [1.807, 2.05) is 24.3 Å². The fourth-order valence-corrected chi connectivity index (χ4v) is 4.88. The summed E-state index contributed by atoms with van der Waals surface area (Å²) >= 11 is 4.48. The van der Waals surface area contributed by atoms with E-state index in [2.05, 4.69) is 65.7 Å². The van der Waals surface area contributed by atoms with E-state index in [0.29, 0.717) is 6.61 Å². The maximum Gasteiger partial charge on any atom is 0.495 e. The predicted molar refractivity (Wildman–Crippen MR) is 202 cm³/mol. The van der Waals surface area contributed by atoms with Gasteiger partial charge in [0, 0.05) is 25.8 Å². The maximum absolute atomic E-state index is 12.8. The smallest absolute Gasteiger partial charge is 0.495 e. The van der Waals surface area contributed by atoms with Gasteiger partial charge in [-0.2, -0.15) is 26.3 Å². The normalized spacial score (nSPS) is 11.2. The molecule has 4 aromatic rings. The van der Waals surface area contributed by atoms with Crippen molar-refractivity contribution in [3.05, 3.63) is 106 Å². The molecule has 1 heterocycles. The highest BCUT2D eigenvalue weighted by atomic mass is 32.2. The molecule has 3 aromatic carbocycles. The SMILES string of the molecule is CCCCCCOCc1ccccc1.Cn1c(C(F)(F)F)[n+](C)c2ccc([N+](=O)[O-])cc21.O=S(=O)([O-])C(F)(F)F.S=C=NCCCCCOCc1ccccc1. The summed E-state index contributed by atoms with van der Waals surface area (Å²) in [5.74, 6) is -0.863. The average Bonchev–Trinajstić information content (AvgIpc) is 3.40. The minimum atomic E-state index is -6.09. The molecule has 0 atom stereocenters. The zero-order valence-electron chi connectivity index (χ0n) is 31.2. The van der Waals surface area contributed by atoms with Gasteiger partial charge in [-0.25, -0.2) is 22.5 Å². The van der Waals surface area contributed by atoms with Crippen LogP contribution in [0.15, 0.2) is 83.9 Å². The van der Waals surface area contributed by atoms with Gasteiger partial charge < -0.3 is 14.0 Å². The molecule has 0 saturated carbocycles. The van der Waals surface area contributed by atoms with Crippen LogP contribution >= 0.6 is 12.2 Å². The number of aryl methyl sites for hydroxylation is 2. The first kappa shape index (κ1) is 49.8. The van der Waals surface area contributed by atoms with E-state index in [-0.39, 0.29) is 16.7 Å². The van der Waals surface area contributed by atoms with Gasteiger partial charge in [0.25, 0.3) is 5.69 Å². The molecule has 0 aliphatic carbocycles. The fraction of sp³-hybridized carbons (Fsp3) is 0.459. The summed E-state index contributed by atoms with van der Waals surface area (Å²) in [6.45, 7) is 6.20. The number of isothiocyanates is 1. The van der Waals surface area contributed by atoms with Crippen molar-refractivity contribution in [1.29, 1.82) is 0 Å². The largest absolute Gasteiger partial charge is 0.741 e. The number of non-ortho nitro benzene ring substituents is 1. The molecule has 0 N–H and O–H groups in total. The first-order valence-electron chi connectivity index (χ1n) is 17.3. The van der Waals surface area contributed by atoms with E-state index < -0.39 is 32.6 Å². The molecule has 0 fully saturated rings. The number of fused-ring (bicyclic) bond motifs is 1. The highest BCUT2D eigenvalue weighted by Gasteiger charge is 2.45. The van der Waals surface area contributed by atoms with E-state index in [0.717, 1.165) is 60.8 Å². The first-order chi connectivity index (χ1) is 26.3. The number of aliphatic imine (C=N–C) groups is 1. The molecule has 0 aliphatic rings. The lowest BCUT2D eigenvalue weighted by Gasteiger charge is -2.08. The molecule has 11 nitrogen and oxygen atoms in total. The zero-order valence-corrected chi connectivity index (χ0v) is 32.9. The van der Waals surface area contributed by atoms with Gasteiger partial charge in [0.1, 0.15) is 0 Å². The van der Waals surface area contributed by atoms with Crippen LogP contribution in [-0.4, -0.2) is 52.9 Å². The molecule has 0 radical (unpaired) electrons. The van der Waals surface area contributed by atoms with Crippen molar-refractivity contribution in [2.24, 2.45) is 19.1 Å². The molecule has 19 heteroatoms. The number of nitro groups is 1. The van der Waals surface area contributed by atoms with Gasteiger partial charge in [0.2, 0.25) is 0 Å². The summed E-state index contributed by atoms with van der Waals surface area (Å²) in [5, 5.41) is 13.0. The van der Waals surface area contributed by atoms with Gasteiger partial charge in [-0.3, -0.25) is 10.1 Å². The van der Waals surface area contributed by atoms with Gasteiger partial charge in [-0.15, -0.1) is 0 Å². The second kappa shape index (κ2) is 25.8. The van der Waals surface area contributed by atoms with Crippen molar-refractivity contribution < 1.29 is 58.3 Å². The molecule has 56 heavy (non-hydrogen) atoms. The number of ether oxygens (including phenoxy) is 2. The molecule has 0 unspecified atom stereocenters. The van der Waals surface area contributed by atoms with E-state index in [9.17, 15) is 36.5 Å². The van der Waals surface area contributed by atoms with Crippen LogP contribution in [0, 0.1) is 10.1 Å². The summed E-state index contributed by atoms with van der Waals surface area (Å²) in [4.78, 5) is 13.8. The minimum absolute atomic E-state index is 0.166. The highest BCUT2D eigenvalue weighted by molar-refractivity contribution is 7.86. The van der Waals surface area contributed by atoms with Crippen molar-refractivity contribution in [1.82, 2.24) is 4.57 Å². The molecular formula is C37H46F6N4O7S2. The molecule has 0 spiro atoms. The molecule has 0 saturated heterocycles. The molecule has 310 valence electrons. The Kier molecular flexibility index (Phi) is 22.9. The Morgan fingerprint density at radius 2 is 1.32 bits per heavy atom. The first-order valence-corrected chi connectivity index (χ1v) is 19.2. The van der Waals surface area contributed by atoms with Gasteiger partial charge in [0.05, 0.1) is 43.5 Å². The Morgan fingerprint density at radius 1 is 0.839 bits per heavy atom. The lowest BCUT2D eigenvalue weighted by Crippen LogP contribution is -2.37. The third-order valence-corrected chi connectivity index (χ3v) is 8.25. The minimum Gasteiger partial charge on any atom is -0.741 e. The summed E-state index contributed by atoms with van der Waals surface area (Å²) in [7, 11) is -3.58. The number of benzene rings is 3. The fourth-order valence-electron chi connectivity index (χ4n) is 4.79. The molecule has 4 rings (SSSR count). The second-order valence-corrected chi connectivity index (χ2v) is 13.5. The number of rotatable bonds is 16. The van der Waals surface area contributed by atoms with Crippen molar-refractivity contribution in [2.45, 2.75) is 76.8 Å². The Balaban J connectivity index is 0.000000386. The third kappa shape index (κ3) is 19.6. The quantitative estimate of drug-likeness (QED) is 0.0125. The summed E-state index contributed by atoms with van der Waals surface area (Å²) < 4.78 is 110. The number of nitro benzene ring substituents is 1. The highest BCUT2D eigenvalue weighted by Crippen LogP contribution is 2.30. The summed E-state index contributed by atoms with van der Waals surface area (Å²) in [6.07, 6.45) is 3.88. The number of hydrogen-bond donors (Lipinski definition) is 0. The molecule has 0 aliphatic heterocycles. The van der Waals surface area contributed by atoms with Crippen LogP contribution in [0.1, 0.15) is 68.8 Å². The Hall–Kier alpha value is -4.26. The number of hydrogen-bond acceptors (Lipinski definition) is 9. The van der Waals surface area contributed by atoms with E-state index in [1.165, 1.54) is 63.0 Å². The topological polar surface area (TPSA) is 140 Å². The predicted octanol–water partition coefficient (Wildman–Crippen LogP) is 9.24. The zero-order chi connectivity index (χ0) is 42.2. The number of halogens is 6. The average molecular weight is 837 g/mol. The van der Waals surface area contributed by atoms with Crippen LogP contribution in [0.2, 0.25) is 0 Å². The number of thiocarbonyl (C=S) groups is 1. The van der Waals surface area contributed by atoms with Crippen LogP contribution in [0.4, 0.5) is 32.0 Å². The lowest BCUT2D eigenvalue weighted by atomic mass is 10.2. The van der Waals surface area contributed by atoms with Gasteiger partial charge in [-0.05, 0) is 55.1 Å². The van der Waals surface area contributed by atoms with Gasteiger partial charge in [0.15, 0.2) is 21.2 Å². The molecule has 1 aromatic heterocycles. The number of imidazole rings is 1. The summed E-state index contributed by atoms with van der Waals surface area (Å²) in [6, 6.07) is 24.2. The van der Waals surface area contributed by atoms with E-state index in [4.69, 9.17) is 22.4 Å². The van der Waals surface area contributed by atoms with Crippen molar-refractivity contribution in [2.75, 3.05) is 19.8 Å². The van der Waals surface area contributed by atoms with Crippen LogP contribution in [-0.2, 0) is 53.1 Å². The third-order valence-electron chi connectivity index (χ3n) is 7.55. The van der Waals surface area contributed by atoms with Crippen LogP contribution in [0.5, 0.6) is 0 Å². The molecular weight excluding hydrogens is 791 g/mol. The number of nitrogens with zero attached hydrogens (tertiary/aromatic N) is 4. The number of aromatic nitrogens is 2. The van der Waals surface area contributed by atoms with Crippen LogP contribution < -0.4 is 4.57 Å². The van der Waals surface area contributed by atoms with Crippen molar-refractivity contribution in [3.63, 3.8) is 0 Å². The molecule has 0 bridgehead atoms. The molecule has 0 amide bonds. The second-order valence-electron chi connectivity index (χ2n) is 11.9. The Morgan fingerprint density at radius 3 is 1.73 bits per heavy atom. The van der Waals surface area contributed by atoms with E-state index >= 15 is 0 Å². The Labute approximate surface area is 327 Å². The lowest BCUT2D eigenvalue weighted by molar-refractivity contribution is -0.667. The maximum atomic E-state index is 12.8. The van der Waals surface area contributed by atoms with Crippen LogP contribution in [0.3, 0.4) is 0 Å². The number of unbranched alkanes of at least 4 members (excludes halogenated alkanes) is 5. The van der Waals surface area contributed by atoms with Crippen molar-refractivity contribution >= 4 is 44.2 Å². The number of alkyl halides is 6. The van der Waals surface area contributed by atoms with Gasteiger partial charge >= 0.3 is 17.5 Å². The van der Waals surface area contributed by atoms with E-state index in [1.54, 1.807) is 0 Å².